The molecule has 0 aromatic rings. The zero-order valence-electron chi connectivity index (χ0n) is 25.2. The molecule has 216 valence electrons. The van der Waals surface area contributed by atoms with E-state index < -0.39 is 11.6 Å². The highest BCUT2D eigenvalue weighted by Crippen LogP contribution is 2.36. The zero-order chi connectivity index (χ0) is 27.4. The average molecular weight is 519 g/mol. The smallest absolute Gasteiger partial charge is 0.306 e. The number of hydrogen-bond acceptors (Lipinski definition) is 2. The van der Waals surface area contributed by atoms with Crippen molar-refractivity contribution < 1.29 is 15.0 Å². The first-order valence-corrected chi connectivity index (χ1v) is 16.2. The molecule has 0 aromatic heterocycles. The molecule has 0 spiro atoms. The maximum absolute atomic E-state index is 12.1. The fraction of sp³-hybridized carbons (Fsp3) is 0.853. The summed E-state index contributed by atoms with van der Waals surface area (Å²) >= 11 is 0. The van der Waals surface area contributed by atoms with Gasteiger partial charge in [-0.1, -0.05) is 148 Å². The number of allylic oxidation sites excluding steroid dienone is 2. The van der Waals surface area contributed by atoms with Gasteiger partial charge < -0.3 is 10.2 Å². The normalized spacial score (nSPS) is 18.6. The Morgan fingerprint density at radius 2 is 1.16 bits per heavy atom. The van der Waals surface area contributed by atoms with Gasteiger partial charge in [0.1, 0.15) is 5.60 Å². The first-order valence-electron chi connectivity index (χ1n) is 16.2. The molecule has 0 saturated heterocycles. The van der Waals surface area contributed by atoms with Crippen molar-refractivity contribution in [2.24, 2.45) is 11.8 Å². The fourth-order valence-corrected chi connectivity index (χ4v) is 5.71. The third-order valence-electron chi connectivity index (χ3n) is 8.37. The van der Waals surface area contributed by atoms with Crippen molar-refractivity contribution in [3.8, 4) is 0 Å². The Morgan fingerprint density at radius 1 is 0.730 bits per heavy atom. The summed E-state index contributed by atoms with van der Waals surface area (Å²) in [4.78, 5) is 12.1. The second-order valence-corrected chi connectivity index (χ2v) is 12.3. The van der Waals surface area contributed by atoms with Crippen LogP contribution in [-0.4, -0.2) is 21.8 Å². The Hall–Kier alpha value is -1.09. The van der Waals surface area contributed by atoms with Gasteiger partial charge in [0.25, 0.3) is 0 Å². The standard InChI is InChI=1S/C34H62O3/c1-5-7-9-11-12-13-14-15-16-17-18-19-20-22-24-32(33(35)36)26-31-25-30(23-21-10-8-6-2)27-34(37,28-31)29(3)4/h27-29,32,37H,5-26H2,1-4H3,(H,35,36). The van der Waals surface area contributed by atoms with E-state index in [1.54, 1.807) is 0 Å². The Balaban J connectivity index is 2.32. The molecular weight excluding hydrogens is 456 g/mol. The van der Waals surface area contributed by atoms with Gasteiger partial charge in [-0.3, -0.25) is 4.79 Å². The van der Waals surface area contributed by atoms with Crippen LogP contribution in [0.15, 0.2) is 23.3 Å². The minimum Gasteiger partial charge on any atom is -0.481 e. The summed E-state index contributed by atoms with van der Waals surface area (Å²) in [5, 5.41) is 21.2. The monoisotopic (exact) mass is 518 g/mol. The lowest BCUT2D eigenvalue weighted by molar-refractivity contribution is -0.142. The van der Waals surface area contributed by atoms with E-state index in [2.05, 4.69) is 19.9 Å². The topological polar surface area (TPSA) is 57.5 Å². The van der Waals surface area contributed by atoms with Gasteiger partial charge in [0.05, 0.1) is 5.92 Å². The number of carboxylic acids is 1. The molecule has 0 radical (unpaired) electrons. The van der Waals surface area contributed by atoms with E-state index in [1.165, 1.54) is 102 Å². The van der Waals surface area contributed by atoms with Gasteiger partial charge in [0.2, 0.25) is 0 Å². The molecule has 0 saturated carbocycles. The van der Waals surface area contributed by atoms with E-state index in [1.807, 2.05) is 19.9 Å². The molecule has 0 bridgehead atoms. The predicted octanol–water partition coefficient (Wildman–Crippen LogP) is 10.6. The van der Waals surface area contributed by atoms with Gasteiger partial charge in [0.15, 0.2) is 0 Å². The van der Waals surface area contributed by atoms with Crippen molar-refractivity contribution >= 4 is 5.97 Å². The van der Waals surface area contributed by atoms with Gasteiger partial charge in [-0.15, -0.1) is 0 Å². The molecule has 0 amide bonds. The van der Waals surface area contributed by atoms with Crippen molar-refractivity contribution in [2.45, 2.75) is 175 Å². The van der Waals surface area contributed by atoms with Crippen LogP contribution in [0.4, 0.5) is 0 Å². The van der Waals surface area contributed by atoms with Gasteiger partial charge >= 0.3 is 5.97 Å². The summed E-state index contributed by atoms with van der Waals surface area (Å²) in [6.45, 7) is 8.60. The summed E-state index contributed by atoms with van der Waals surface area (Å²) < 4.78 is 0. The highest BCUT2D eigenvalue weighted by atomic mass is 16.4. The van der Waals surface area contributed by atoms with Gasteiger partial charge in [-0.05, 0) is 50.2 Å². The van der Waals surface area contributed by atoms with Crippen LogP contribution in [0, 0.1) is 11.8 Å². The SMILES string of the molecule is CCCCCCCCCCCCCCCCC(CC1=CC(O)(C(C)C)C=C(CCCCCC)C1)C(=O)O. The molecule has 3 nitrogen and oxygen atoms in total. The third-order valence-corrected chi connectivity index (χ3v) is 8.37. The molecule has 1 rings (SSSR count). The van der Waals surface area contributed by atoms with E-state index >= 15 is 0 Å². The molecule has 0 aliphatic heterocycles. The maximum atomic E-state index is 12.1. The Kier molecular flexibility index (Phi) is 19.1. The van der Waals surface area contributed by atoms with Crippen molar-refractivity contribution in [3.05, 3.63) is 23.3 Å². The van der Waals surface area contributed by atoms with Crippen LogP contribution >= 0.6 is 0 Å². The quantitative estimate of drug-likeness (QED) is 0.0986. The Labute approximate surface area is 230 Å². The van der Waals surface area contributed by atoms with Crippen molar-refractivity contribution in [1.29, 1.82) is 0 Å². The number of hydrogen-bond donors (Lipinski definition) is 2. The maximum Gasteiger partial charge on any atom is 0.306 e. The van der Waals surface area contributed by atoms with Crippen LogP contribution in [0.5, 0.6) is 0 Å². The van der Waals surface area contributed by atoms with Crippen molar-refractivity contribution in [2.75, 3.05) is 0 Å². The van der Waals surface area contributed by atoms with Crippen LogP contribution < -0.4 is 0 Å². The van der Waals surface area contributed by atoms with E-state index in [4.69, 9.17) is 0 Å². The molecule has 2 unspecified atom stereocenters. The predicted molar refractivity (Wildman–Crippen MR) is 160 cm³/mol. The lowest BCUT2D eigenvalue weighted by atomic mass is 9.77. The van der Waals surface area contributed by atoms with Crippen LogP contribution in [-0.2, 0) is 4.79 Å². The molecule has 37 heavy (non-hydrogen) atoms. The third kappa shape index (κ3) is 15.8. The fourth-order valence-electron chi connectivity index (χ4n) is 5.71. The number of carboxylic acid groups (broad SMARTS) is 1. The molecular formula is C34H62O3. The minimum absolute atomic E-state index is 0.0857. The van der Waals surface area contributed by atoms with E-state index in [9.17, 15) is 15.0 Å². The molecule has 1 aliphatic rings. The highest BCUT2D eigenvalue weighted by molar-refractivity contribution is 5.70. The number of rotatable bonds is 24. The van der Waals surface area contributed by atoms with Crippen molar-refractivity contribution in [1.82, 2.24) is 0 Å². The highest BCUT2D eigenvalue weighted by Gasteiger charge is 2.31. The van der Waals surface area contributed by atoms with Crippen LogP contribution in [0.1, 0.15) is 169 Å². The summed E-state index contributed by atoms with van der Waals surface area (Å²) in [7, 11) is 0. The Bertz CT molecular complexity index is 647. The van der Waals surface area contributed by atoms with Crippen molar-refractivity contribution in [3.63, 3.8) is 0 Å². The molecule has 2 N–H and O–H groups in total. The second-order valence-electron chi connectivity index (χ2n) is 12.3. The Morgan fingerprint density at radius 3 is 1.62 bits per heavy atom. The van der Waals surface area contributed by atoms with Gasteiger partial charge in [-0.25, -0.2) is 0 Å². The number of carbonyl (C=O) groups is 1. The number of aliphatic carboxylic acids is 1. The number of unbranched alkanes of at least 4 members (excludes halogenated alkanes) is 16. The van der Waals surface area contributed by atoms with E-state index in [0.717, 1.165) is 44.1 Å². The largest absolute Gasteiger partial charge is 0.481 e. The van der Waals surface area contributed by atoms with E-state index in [-0.39, 0.29) is 11.8 Å². The first-order chi connectivity index (χ1) is 17.8. The summed E-state index contributed by atoms with van der Waals surface area (Å²) in [5.74, 6) is -0.926. The summed E-state index contributed by atoms with van der Waals surface area (Å²) in [6, 6.07) is 0. The van der Waals surface area contributed by atoms with Crippen LogP contribution in [0.3, 0.4) is 0 Å². The minimum atomic E-state index is -0.939. The summed E-state index contributed by atoms with van der Waals surface area (Å²) in [6.07, 6.45) is 30.5. The molecule has 0 aromatic carbocycles. The molecule has 2 atom stereocenters. The molecule has 1 aliphatic carbocycles. The summed E-state index contributed by atoms with van der Waals surface area (Å²) in [5.41, 5.74) is 1.48. The number of aliphatic hydroxyl groups is 1. The average Bonchev–Trinajstić information content (AvgIpc) is 2.85. The molecule has 0 fully saturated rings. The lowest BCUT2D eigenvalue weighted by Crippen LogP contribution is -2.33. The van der Waals surface area contributed by atoms with Crippen LogP contribution in [0.2, 0.25) is 0 Å². The second kappa shape index (κ2) is 20.8. The lowest BCUT2D eigenvalue weighted by Gasteiger charge is -2.33. The van der Waals surface area contributed by atoms with E-state index in [0.29, 0.717) is 6.42 Å². The zero-order valence-corrected chi connectivity index (χ0v) is 25.2. The first kappa shape index (κ1) is 33.9. The van der Waals surface area contributed by atoms with Crippen LogP contribution in [0.25, 0.3) is 0 Å². The van der Waals surface area contributed by atoms with Gasteiger partial charge in [-0.2, -0.15) is 0 Å². The molecule has 0 heterocycles. The molecule has 3 heteroatoms. The van der Waals surface area contributed by atoms with Gasteiger partial charge in [0, 0.05) is 0 Å².